The topological polar surface area (TPSA) is 55.4 Å². The molecule has 0 radical (unpaired) electrons. The zero-order chi connectivity index (χ0) is 13.8. The predicted octanol–water partition coefficient (Wildman–Crippen LogP) is 3.44. The number of hydrogen-bond acceptors (Lipinski definition) is 4. The molecule has 0 aliphatic heterocycles. The highest BCUT2D eigenvalue weighted by Gasteiger charge is 2.16. The van der Waals surface area contributed by atoms with Crippen LogP contribution in [0.3, 0.4) is 0 Å². The van der Waals surface area contributed by atoms with E-state index in [0.29, 0.717) is 21.2 Å². The molecule has 0 bridgehead atoms. The number of hydrogen-bond donors (Lipinski definition) is 1. The van der Waals surface area contributed by atoms with Gasteiger partial charge >= 0.3 is 5.97 Å². The lowest BCUT2D eigenvalue weighted by molar-refractivity contribution is 0.0602. The van der Waals surface area contributed by atoms with Crippen molar-refractivity contribution in [1.29, 1.82) is 0 Å². The minimum Gasteiger partial charge on any atom is -0.465 e. The molecule has 1 amide bonds. The molecule has 4 nitrogen and oxygen atoms in total. The third-order valence-electron chi connectivity index (χ3n) is 2.38. The molecule has 0 unspecified atom stereocenters. The van der Waals surface area contributed by atoms with E-state index >= 15 is 0 Å². The Morgan fingerprint density at radius 2 is 2.11 bits per heavy atom. The summed E-state index contributed by atoms with van der Waals surface area (Å²) >= 11 is 7.08. The molecule has 19 heavy (non-hydrogen) atoms. The van der Waals surface area contributed by atoms with E-state index < -0.39 is 5.97 Å². The summed E-state index contributed by atoms with van der Waals surface area (Å²) in [4.78, 5) is 23.5. The fourth-order valence-corrected chi connectivity index (χ4v) is 2.44. The minimum atomic E-state index is -0.484. The van der Waals surface area contributed by atoms with Gasteiger partial charge in [0, 0.05) is 10.6 Å². The summed E-state index contributed by atoms with van der Waals surface area (Å²) in [6.07, 6.45) is 0. The van der Waals surface area contributed by atoms with Crippen LogP contribution < -0.4 is 5.32 Å². The van der Waals surface area contributed by atoms with Gasteiger partial charge in [0.05, 0.1) is 12.7 Å². The third kappa shape index (κ3) is 3.13. The van der Waals surface area contributed by atoms with Crippen molar-refractivity contribution in [3.63, 3.8) is 0 Å². The molecule has 2 aromatic rings. The smallest absolute Gasteiger partial charge is 0.340 e. The number of halogens is 1. The lowest BCUT2D eigenvalue weighted by atomic mass is 10.2. The van der Waals surface area contributed by atoms with Crippen LogP contribution in [0.2, 0.25) is 5.02 Å². The molecular weight excluding hydrogens is 286 g/mol. The van der Waals surface area contributed by atoms with Crippen molar-refractivity contribution in [3.8, 4) is 0 Å². The second kappa shape index (κ2) is 5.86. The van der Waals surface area contributed by atoms with Crippen molar-refractivity contribution in [3.05, 3.63) is 51.9 Å². The van der Waals surface area contributed by atoms with Crippen LogP contribution in [0.15, 0.2) is 35.7 Å². The number of amides is 1. The van der Waals surface area contributed by atoms with E-state index in [4.69, 9.17) is 11.6 Å². The molecule has 1 heterocycles. The highest BCUT2D eigenvalue weighted by Crippen LogP contribution is 2.24. The normalized spacial score (nSPS) is 10.0. The van der Waals surface area contributed by atoms with Gasteiger partial charge in [-0.1, -0.05) is 17.7 Å². The van der Waals surface area contributed by atoms with E-state index in [0.717, 1.165) is 0 Å². The van der Waals surface area contributed by atoms with Gasteiger partial charge in [0.1, 0.15) is 5.00 Å². The molecule has 0 aliphatic carbocycles. The first-order valence-corrected chi connectivity index (χ1v) is 6.60. The SMILES string of the molecule is COC(=O)c1ccsc1NC(=O)c1cccc(Cl)c1. The summed E-state index contributed by atoms with van der Waals surface area (Å²) in [5.41, 5.74) is 0.764. The van der Waals surface area contributed by atoms with E-state index in [9.17, 15) is 9.59 Å². The minimum absolute atomic E-state index is 0.324. The maximum Gasteiger partial charge on any atom is 0.340 e. The van der Waals surface area contributed by atoms with Crippen molar-refractivity contribution in [2.24, 2.45) is 0 Å². The first-order chi connectivity index (χ1) is 9.11. The van der Waals surface area contributed by atoms with Crippen LogP contribution in [0.5, 0.6) is 0 Å². The molecule has 0 fully saturated rings. The Kier molecular flexibility index (Phi) is 4.19. The third-order valence-corrected chi connectivity index (χ3v) is 3.45. The van der Waals surface area contributed by atoms with Crippen molar-refractivity contribution in [1.82, 2.24) is 0 Å². The van der Waals surface area contributed by atoms with Gasteiger partial charge in [0.2, 0.25) is 0 Å². The number of thiophene rings is 1. The van der Waals surface area contributed by atoms with Crippen molar-refractivity contribution in [2.45, 2.75) is 0 Å². The van der Waals surface area contributed by atoms with Crippen LogP contribution in [0.25, 0.3) is 0 Å². The molecular formula is C13H10ClNO3S. The van der Waals surface area contributed by atoms with Crippen LogP contribution in [-0.2, 0) is 4.74 Å². The average Bonchev–Trinajstić information content (AvgIpc) is 2.86. The highest BCUT2D eigenvalue weighted by molar-refractivity contribution is 7.14. The fourth-order valence-electron chi connectivity index (χ4n) is 1.48. The van der Waals surface area contributed by atoms with E-state index in [2.05, 4.69) is 10.1 Å². The number of nitrogens with one attached hydrogen (secondary N) is 1. The fraction of sp³-hybridized carbons (Fsp3) is 0.0769. The van der Waals surface area contributed by atoms with Gasteiger partial charge in [0.15, 0.2) is 0 Å². The largest absolute Gasteiger partial charge is 0.465 e. The van der Waals surface area contributed by atoms with Crippen molar-refractivity contribution in [2.75, 3.05) is 12.4 Å². The number of esters is 1. The molecule has 0 atom stereocenters. The van der Waals surface area contributed by atoms with Gasteiger partial charge in [-0.2, -0.15) is 0 Å². The van der Waals surface area contributed by atoms with Crippen LogP contribution in [0, 0.1) is 0 Å². The zero-order valence-corrected chi connectivity index (χ0v) is 11.5. The number of ether oxygens (including phenoxy) is 1. The Morgan fingerprint density at radius 1 is 1.32 bits per heavy atom. The summed E-state index contributed by atoms with van der Waals surface area (Å²) in [7, 11) is 1.29. The molecule has 2 rings (SSSR count). The lowest BCUT2D eigenvalue weighted by Gasteiger charge is -2.05. The highest BCUT2D eigenvalue weighted by atomic mass is 35.5. The van der Waals surface area contributed by atoms with Crippen LogP contribution in [0.1, 0.15) is 20.7 Å². The number of carbonyl (C=O) groups is 2. The Bertz CT molecular complexity index is 624. The molecule has 0 saturated carbocycles. The van der Waals surface area contributed by atoms with E-state index in [1.54, 1.807) is 35.7 Å². The maximum atomic E-state index is 12.0. The van der Waals surface area contributed by atoms with Gasteiger partial charge in [-0.15, -0.1) is 11.3 Å². The Labute approximate surface area is 119 Å². The van der Waals surface area contributed by atoms with Crippen LogP contribution in [0.4, 0.5) is 5.00 Å². The van der Waals surface area contributed by atoms with Crippen LogP contribution in [-0.4, -0.2) is 19.0 Å². The van der Waals surface area contributed by atoms with E-state index in [1.165, 1.54) is 18.4 Å². The molecule has 0 aliphatic rings. The second-order valence-corrected chi connectivity index (χ2v) is 4.97. The second-order valence-electron chi connectivity index (χ2n) is 3.62. The van der Waals surface area contributed by atoms with Gasteiger partial charge in [0.25, 0.3) is 5.91 Å². The molecule has 98 valence electrons. The number of rotatable bonds is 3. The summed E-state index contributed by atoms with van der Waals surface area (Å²) in [5.74, 6) is -0.808. The van der Waals surface area contributed by atoms with Gasteiger partial charge in [-0.3, -0.25) is 4.79 Å². The summed E-state index contributed by atoms with van der Waals surface area (Å²) < 4.78 is 4.64. The maximum absolute atomic E-state index is 12.0. The van der Waals surface area contributed by atoms with Crippen molar-refractivity contribution < 1.29 is 14.3 Å². The number of carbonyl (C=O) groups excluding carboxylic acids is 2. The average molecular weight is 296 g/mol. The van der Waals surface area contributed by atoms with Crippen molar-refractivity contribution >= 4 is 39.8 Å². The summed E-state index contributed by atoms with van der Waals surface area (Å²) in [6, 6.07) is 8.18. The number of benzene rings is 1. The molecule has 0 spiro atoms. The molecule has 0 saturated heterocycles. The Hall–Kier alpha value is -1.85. The van der Waals surface area contributed by atoms with Gasteiger partial charge in [-0.05, 0) is 29.6 Å². The van der Waals surface area contributed by atoms with Gasteiger partial charge < -0.3 is 10.1 Å². The first-order valence-electron chi connectivity index (χ1n) is 5.34. The standard InChI is InChI=1S/C13H10ClNO3S/c1-18-13(17)10-5-6-19-12(10)15-11(16)8-3-2-4-9(14)7-8/h2-7H,1H3,(H,15,16). The Morgan fingerprint density at radius 3 is 2.79 bits per heavy atom. The molecule has 6 heteroatoms. The molecule has 1 aromatic heterocycles. The quantitative estimate of drug-likeness (QED) is 0.883. The number of methoxy groups -OCH3 is 1. The summed E-state index contributed by atoms with van der Waals surface area (Å²) in [5, 5.41) is 5.31. The first kappa shape index (κ1) is 13.6. The summed E-state index contributed by atoms with van der Waals surface area (Å²) in [6.45, 7) is 0. The zero-order valence-electron chi connectivity index (χ0n) is 9.98. The van der Waals surface area contributed by atoms with E-state index in [1.807, 2.05) is 0 Å². The molecule has 1 aromatic carbocycles. The predicted molar refractivity (Wildman–Crippen MR) is 75.1 cm³/mol. The Balaban J connectivity index is 2.20. The monoisotopic (exact) mass is 295 g/mol. The van der Waals surface area contributed by atoms with E-state index in [-0.39, 0.29) is 5.91 Å². The molecule has 1 N–H and O–H groups in total. The lowest BCUT2D eigenvalue weighted by Crippen LogP contribution is -2.13. The van der Waals surface area contributed by atoms with Crippen LogP contribution >= 0.6 is 22.9 Å². The van der Waals surface area contributed by atoms with Gasteiger partial charge in [-0.25, -0.2) is 4.79 Å². The number of anilines is 1.